The lowest BCUT2D eigenvalue weighted by Gasteiger charge is -2.12. The summed E-state index contributed by atoms with van der Waals surface area (Å²) in [5.74, 6) is 1.84. The van der Waals surface area contributed by atoms with E-state index in [-0.39, 0.29) is 13.2 Å². The van der Waals surface area contributed by atoms with Gasteiger partial charge >= 0.3 is 0 Å². The highest BCUT2D eigenvalue weighted by atomic mass is 16.5. The van der Waals surface area contributed by atoms with E-state index in [1.807, 2.05) is 12.1 Å². The van der Waals surface area contributed by atoms with Crippen LogP contribution in [-0.2, 0) is 0 Å². The first-order chi connectivity index (χ1) is 17.2. The second-order valence-corrected chi connectivity index (χ2v) is 9.05. The Bertz CT molecular complexity index is 980. The molecule has 0 fully saturated rings. The van der Waals surface area contributed by atoms with E-state index in [9.17, 15) is 0 Å². The van der Waals surface area contributed by atoms with Gasteiger partial charge in [-0.25, -0.2) is 0 Å². The summed E-state index contributed by atoms with van der Waals surface area (Å²) in [7, 11) is 0. The SMILES string of the molecule is Cc1cc(-c2ccc(-c3ccc(OCCCCCCO)cc3)cc2)ccc1OCCCCCCO. The third-order valence-electron chi connectivity index (χ3n) is 6.21. The Labute approximate surface area is 210 Å². The van der Waals surface area contributed by atoms with Gasteiger partial charge in [0.05, 0.1) is 13.2 Å². The van der Waals surface area contributed by atoms with Gasteiger partial charge in [0, 0.05) is 13.2 Å². The molecule has 0 spiro atoms. The average molecular weight is 477 g/mol. The number of benzene rings is 3. The lowest BCUT2D eigenvalue weighted by atomic mass is 9.99. The summed E-state index contributed by atoms with van der Waals surface area (Å²) in [6.07, 6.45) is 8.07. The topological polar surface area (TPSA) is 58.9 Å². The van der Waals surface area contributed by atoms with Crippen molar-refractivity contribution in [3.05, 3.63) is 72.3 Å². The predicted octanol–water partition coefficient (Wildman–Crippen LogP) is 7.19. The normalized spacial score (nSPS) is 10.9. The quantitative estimate of drug-likeness (QED) is 0.215. The second kappa shape index (κ2) is 15.2. The number of ether oxygens (including phenoxy) is 2. The summed E-state index contributed by atoms with van der Waals surface area (Å²) in [5.41, 5.74) is 5.87. The number of rotatable bonds is 16. The molecule has 0 amide bonds. The van der Waals surface area contributed by atoms with Gasteiger partial charge in [0.25, 0.3) is 0 Å². The third-order valence-corrected chi connectivity index (χ3v) is 6.21. The Kier molecular flexibility index (Phi) is 11.7. The molecule has 3 rings (SSSR count). The summed E-state index contributed by atoms with van der Waals surface area (Å²) >= 11 is 0. The van der Waals surface area contributed by atoms with Crippen LogP contribution in [0, 0.1) is 6.92 Å². The number of aliphatic hydroxyl groups excluding tert-OH is 2. The fraction of sp³-hybridized carbons (Fsp3) is 0.419. The van der Waals surface area contributed by atoms with Gasteiger partial charge < -0.3 is 19.7 Å². The summed E-state index contributed by atoms with van der Waals surface area (Å²) in [6, 6.07) is 23.3. The van der Waals surface area contributed by atoms with Crippen molar-refractivity contribution >= 4 is 0 Å². The molecule has 0 aliphatic rings. The van der Waals surface area contributed by atoms with Crippen molar-refractivity contribution in [2.24, 2.45) is 0 Å². The molecule has 0 aliphatic heterocycles. The van der Waals surface area contributed by atoms with Crippen LogP contribution in [0.4, 0.5) is 0 Å². The molecule has 3 aromatic carbocycles. The molecule has 0 aromatic heterocycles. The van der Waals surface area contributed by atoms with E-state index < -0.39 is 0 Å². The van der Waals surface area contributed by atoms with Crippen LogP contribution in [0.2, 0.25) is 0 Å². The van der Waals surface area contributed by atoms with Gasteiger partial charge in [-0.2, -0.15) is 0 Å². The minimum Gasteiger partial charge on any atom is -0.494 e. The van der Waals surface area contributed by atoms with Crippen LogP contribution in [0.1, 0.15) is 56.9 Å². The summed E-state index contributed by atoms with van der Waals surface area (Å²) in [5, 5.41) is 17.7. The molecule has 2 N–H and O–H groups in total. The first-order valence-corrected chi connectivity index (χ1v) is 13.0. The van der Waals surface area contributed by atoms with Gasteiger partial charge in [-0.1, -0.05) is 55.3 Å². The molecule has 0 aliphatic carbocycles. The van der Waals surface area contributed by atoms with Gasteiger partial charge in [-0.05, 0) is 97.5 Å². The first-order valence-electron chi connectivity index (χ1n) is 13.0. The van der Waals surface area contributed by atoms with Crippen LogP contribution in [0.25, 0.3) is 22.3 Å². The van der Waals surface area contributed by atoms with E-state index in [0.29, 0.717) is 6.61 Å². The Balaban J connectivity index is 1.50. The fourth-order valence-corrected chi connectivity index (χ4v) is 4.10. The Morgan fingerprint density at radius 3 is 1.51 bits per heavy atom. The van der Waals surface area contributed by atoms with Crippen molar-refractivity contribution in [2.75, 3.05) is 26.4 Å². The van der Waals surface area contributed by atoms with Crippen LogP contribution < -0.4 is 9.47 Å². The smallest absolute Gasteiger partial charge is 0.122 e. The molecule has 0 radical (unpaired) electrons. The molecule has 0 heterocycles. The highest BCUT2D eigenvalue weighted by Gasteiger charge is 2.05. The standard InChI is InChI=1S/C31H40O4/c1-25-24-29(16-19-31(25)35-23-9-5-3-7-21-33)28-12-10-26(11-13-28)27-14-17-30(18-15-27)34-22-8-4-2-6-20-32/h10-19,24,32-33H,2-9,20-23H2,1H3. The van der Waals surface area contributed by atoms with Crippen molar-refractivity contribution < 1.29 is 19.7 Å². The average Bonchev–Trinajstić information content (AvgIpc) is 2.89. The number of aryl methyl sites for hydroxylation is 1. The molecule has 0 saturated heterocycles. The molecule has 0 atom stereocenters. The van der Waals surface area contributed by atoms with E-state index >= 15 is 0 Å². The fourth-order valence-electron chi connectivity index (χ4n) is 4.10. The third kappa shape index (κ3) is 9.04. The van der Waals surface area contributed by atoms with E-state index in [2.05, 4.69) is 61.5 Å². The molecule has 0 bridgehead atoms. The van der Waals surface area contributed by atoms with E-state index in [4.69, 9.17) is 19.7 Å². The maximum absolute atomic E-state index is 8.85. The van der Waals surface area contributed by atoms with Crippen molar-refractivity contribution in [1.82, 2.24) is 0 Å². The molecule has 35 heavy (non-hydrogen) atoms. The van der Waals surface area contributed by atoms with Gasteiger partial charge in [-0.3, -0.25) is 0 Å². The number of unbranched alkanes of at least 4 members (excludes halogenated alkanes) is 6. The monoisotopic (exact) mass is 476 g/mol. The van der Waals surface area contributed by atoms with Crippen molar-refractivity contribution in [2.45, 2.75) is 58.3 Å². The summed E-state index contributed by atoms with van der Waals surface area (Å²) < 4.78 is 11.8. The maximum atomic E-state index is 8.85. The lowest BCUT2D eigenvalue weighted by Crippen LogP contribution is -1.99. The number of hydrogen-bond acceptors (Lipinski definition) is 4. The van der Waals surface area contributed by atoms with Crippen LogP contribution in [0.5, 0.6) is 11.5 Å². The highest BCUT2D eigenvalue weighted by Crippen LogP contribution is 2.29. The zero-order valence-electron chi connectivity index (χ0n) is 21.0. The van der Waals surface area contributed by atoms with E-state index in [1.165, 1.54) is 22.3 Å². The molecule has 188 valence electrons. The van der Waals surface area contributed by atoms with Crippen LogP contribution in [-0.4, -0.2) is 36.6 Å². The molecular weight excluding hydrogens is 436 g/mol. The number of aliphatic hydroxyl groups is 2. The Morgan fingerprint density at radius 2 is 0.971 bits per heavy atom. The predicted molar refractivity (Wildman–Crippen MR) is 144 cm³/mol. The van der Waals surface area contributed by atoms with Crippen LogP contribution >= 0.6 is 0 Å². The summed E-state index contributed by atoms with van der Waals surface area (Å²) in [6.45, 7) is 4.08. The molecule has 4 nitrogen and oxygen atoms in total. The van der Waals surface area contributed by atoms with Gasteiger partial charge in [0.2, 0.25) is 0 Å². The largest absolute Gasteiger partial charge is 0.494 e. The number of hydrogen-bond donors (Lipinski definition) is 2. The van der Waals surface area contributed by atoms with Crippen molar-refractivity contribution in [3.63, 3.8) is 0 Å². The first kappa shape index (κ1) is 26.8. The van der Waals surface area contributed by atoms with Crippen molar-refractivity contribution in [1.29, 1.82) is 0 Å². The second-order valence-electron chi connectivity index (χ2n) is 9.05. The molecule has 3 aromatic rings. The lowest BCUT2D eigenvalue weighted by molar-refractivity contribution is 0.273. The van der Waals surface area contributed by atoms with Gasteiger partial charge in [-0.15, -0.1) is 0 Å². The zero-order valence-corrected chi connectivity index (χ0v) is 21.0. The minimum atomic E-state index is 0.275. The Morgan fingerprint density at radius 1 is 0.514 bits per heavy atom. The molecule has 0 unspecified atom stereocenters. The van der Waals surface area contributed by atoms with Crippen LogP contribution in [0.3, 0.4) is 0 Å². The van der Waals surface area contributed by atoms with E-state index in [1.54, 1.807) is 0 Å². The molecule has 0 saturated carbocycles. The molecule has 4 heteroatoms. The van der Waals surface area contributed by atoms with Gasteiger partial charge in [0.1, 0.15) is 11.5 Å². The molecular formula is C31H40O4. The van der Waals surface area contributed by atoms with E-state index in [0.717, 1.165) is 75.0 Å². The minimum absolute atomic E-state index is 0.275. The summed E-state index contributed by atoms with van der Waals surface area (Å²) in [4.78, 5) is 0. The van der Waals surface area contributed by atoms with Crippen molar-refractivity contribution in [3.8, 4) is 33.8 Å². The van der Waals surface area contributed by atoms with Gasteiger partial charge in [0.15, 0.2) is 0 Å². The Hall–Kier alpha value is -2.82. The van der Waals surface area contributed by atoms with Crippen LogP contribution in [0.15, 0.2) is 66.7 Å². The highest BCUT2D eigenvalue weighted by molar-refractivity contribution is 5.71. The maximum Gasteiger partial charge on any atom is 0.122 e. The zero-order chi connectivity index (χ0) is 24.7.